The van der Waals surface area contributed by atoms with Crippen LogP contribution in [0, 0.1) is 0 Å². The molecule has 5 nitrogen and oxygen atoms in total. The number of hydrogen-bond donors (Lipinski definition) is 2. The quantitative estimate of drug-likeness (QED) is 0.722. The molecule has 108 valence electrons. The number of nitrogens with one attached hydrogen (secondary N) is 2. The van der Waals surface area contributed by atoms with Crippen LogP contribution in [-0.2, 0) is 4.79 Å². The third-order valence-corrected chi connectivity index (χ3v) is 3.06. The Hall–Kier alpha value is -3.21. The molecule has 2 aromatic carbocycles. The fourth-order valence-electron chi connectivity index (χ4n) is 2.05. The average Bonchev–Trinajstić information content (AvgIpc) is 2.55. The van der Waals surface area contributed by atoms with Gasteiger partial charge in [-0.2, -0.15) is 4.98 Å². The van der Waals surface area contributed by atoms with E-state index in [0.29, 0.717) is 11.8 Å². The number of benzene rings is 2. The first-order valence-corrected chi connectivity index (χ1v) is 6.78. The Labute approximate surface area is 127 Å². The molecule has 3 aromatic rings. The molecule has 5 heteroatoms. The van der Waals surface area contributed by atoms with Gasteiger partial charge >= 0.3 is 0 Å². The van der Waals surface area contributed by atoms with E-state index in [2.05, 4.69) is 27.2 Å². The first-order chi connectivity index (χ1) is 10.8. The maximum atomic E-state index is 11.6. The molecule has 0 saturated heterocycles. The molecule has 1 aromatic heterocycles. The normalized spacial score (nSPS) is 10.2. The van der Waals surface area contributed by atoms with E-state index in [0.717, 1.165) is 16.6 Å². The van der Waals surface area contributed by atoms with Gasteiger partial charge in [-0.05, 0) is 30.3 Å². The van der Waals surface area contributed by atoms with Gasteiger partial charge in [0.25, 0.3) is 0 Å². The zero-order chi connectivity index (χ0) is 15.4. The minimum atomic E-state index is -0.311. The molecule has 0 fully saturated rings. The first kappa shape index (κ1) is 13.8. The van der Waals surface area contributed by atoms with Gasteiger partial charge in [-0.3, -0.25) is 4.79 Å². The number of fused-ring (bicyclic) bond motifs is 1. The van der Waals surface area contributed by atoms with Gasteiger partial charge < -0.3 is 10.6 Å². The lowest BCUT2D eigenvalue weighted by molar-refractivity contribution is -0.111. The van der Waals surface area contributed by atoms with E-state index in [-0.39, 0.29) is 5.91 Å². The van der Waals surface area contributed by atoms with Crippen LogP contribution in [0.15, 0.2) is 67.3 Å². The largest absolute Gasteiger partial charge is 0.324 e. The van der Waals surface area contributed by atoms with Crippen LogP contribution in [0.4, 0.5) is 17.5 Å². The molecule has 0 radical (unpaired) electrons. The molecule has 2 N–H and O–H groups in total. The van der Waals surface area contributed by atoms with Crippen LogP contribution >= 0.6 is 0 Å². The molecule has 0 aliphatic carbocycles. The minimum absolute atomic E-state index is 0.311. The van der Waals surface area contributed by atoms with E-state index < -0.39 is 0 Å². The number of amides is 1. The summed E-state index contributed by atoms with van der Waals surface area (Å²) in [5.74, 6) is 0.563. The summed E-state index contributed by atoms with van der Waals surface area (Å²) >= 11 is 0. The summed E-state index contributed by atoms with van der Waals surface area (Å²) in [5, 5.41) is 6.62. The topological polar surface area (TPSA) is 66.9 Å². The van der Waals surface area contributed by atoms with Gasteiger partial charge in [0.1, 0.15) is 5.82 Å². The van der Waals surface area contributed by atoms with Crippen molar-refractivity contribution in [3.8, 4) is 0 Å². The molecular formula is C17H14N4O. The second kappa shape index (κ2) is 6.05. The van der Waals surface area contributed by atoms with E-state index in [1.807, 2.05) is 54.6 Å². The molecule has 3 rings (SSSR count). The number of nitrogens with zero attached hydrogens (tertiary/aromatic N) is 2. The van der Waals surface area contributed by atoms with E-state index in [9.17, 15) is 4.79 Å². The molecule has 0 aliphatic heterocycles. The van der Waals surface area contributed by atoms with E-state index in [1.165, 1.54) is 6.08 Å². The Morgan fingerprint density at radius 3 is 2.50 bits per heavy atom. The summed E-state index contributed by atoms with van der Waals surface area (Å²) in [6, 6.07) is 17.1. The fourth-order valence-corrected chi connectivity index (χ4v) is 2.05. The van der Waals surface area contributed by atoms with Gasteiger partial charge in [-0.15, -0.1) is 0 Å². The summed E-state index contributed by atoms with van der Waals surface area (Å²) < 4.78 is 0. The average molecular weight is 290 g/mol. The van der Waals surface area contributed by atoms with Crippen molar-refractivity contribution < 1.29 is 4.79 Å². The third-order valence-electron chi connectivity index (χ3n) is 3.06. The molecule has 0 unspecified atom stereocenters. The van der Waals surface area contributed by atoms with Crippen LogP contribution < -0.4 is 10.6 Å². The Kier molecular flexibility index (Phi) is 3.78. The first-order valence-electron chi connectivity index (χ1n) is 6.78. The van der Waals surface area contributed by atoms with Crippen molar-refractivity contribution in [1.29, 1.82) is 0 Å². The summed E-state index contributed by atoms with van der Waals surface area (Å²) in [4.78, 5) is 20.4. The molecule has 22 heavy (non-hydrogen) atoms. The van der Waals surface area contributed by atoms with E-state index in [1.54, 1.807) is 0 Å². The molecule has 1 amide bonds. The van der Waals surface area contributed by atoms with Crippen molar-refractivity contribution in [2.24, 2.45) is 0 Å². The van der Waals surface area contributed by atoms with Crippen molar-refractivity contribution in [1.82, 2.24) is 9.97 Å². The Morgan fingerprint density at radius 1 is 1.00 bits per heavy atom. The van der Waals surface area contributed by atoms with Crippen LogP contribution in [-0.4, -0.2) is 15.9 Å². The maximum Gasteiger partial charge on any atom is 0.248 e. The highest BCUT2D eigenvalue weighted by molar-refractivity contribution is 6.04. The third kappa shape index (κ3) is 2.93. The van der Waals surface area contributed by atoms with Crippen LogP contribution in [0.2, 0.25) is 0 Å². The molecule has 0 atom stereocenters. The number of para-hydroxylation sites is 2. The van der Waals surface area contributed by atoms with E-state index in [4.69, 9.17) is 0 Å². The predicted molar refractivity (Wildman–Crippen MR) is 88.1 cm³/mol. The summed E-state index contributed by atoms with van der Waals surface area (Å²) in [6.07, 6.45) is 1.21. The Balaban J connectivity index is 2.04. The van der Waals surface area contributed by atoms with Crippen LogP contribution in [0.25, 0.3) is 10.9 Å². The minimum Gasteiger partial charge on any atom is -0.324 e. The number of aromatic nitrogens is 2. The molecule has 0 bridgehead atoms. The zero-order valence-electron chi connectivity index (χ0n) is 11.8. The summed E-state index contributed by atoms with van der Waals surface area (Å²) in [6.45, 7) is 3.46. The van der Waals surface area contributed by atoms with Crippen molar-refractivity contribution in [3.05, 3.63) is 67.3 Å². The lowest BCUT2D eigenvalue weighted by atomic mass is 10.2. The summed E-state index contributed by atoms with van der Waals surface area (Å²) in [7, 11) is 0. The Bertz CT molecular complexity index is 830. The van der Waals surface area contributed by atoms with E-state index >= 15 is 0 Å². The monoisotopic (exact) mass is 290 g/mol. The van der Waals surface area contributed by atoms with Crippen molar-refractivity contribution in [2.45, 2.75) is 0 Å². The number of carbonyl (C=O) groups excluding carboxylic acids is 1. The van der Waals surface area contributed by atoms with Gasteiger partial charge in [-0.25, -0.2) is 4.98 Å². The number of carbonyl (C=O) groups is 1. The van der Waals surface area contributed by atoms with Crippen LogP contribution in [0.3, 0.4) is 0 Å². The number of rotatable bonds is 4. The number of anilines is 3. The molecular weight excluding hydrogens is 276 g/mol. The van der Waals surface area contributed by atoms with Gasteiger partial charge in [-0.1, -0.05) is 36.9 Å². The van der Waals surface area contributed by atoms with Crippen molar-refractivity contribution in [3.63, 3.8) is 0 Å². The SMILES string of the molecule is C=CC(=O)Nc1nc(Nc2ccccc2)nc2ccccc12. The van der Waals surface area contributed by atoms with Crippen LogP contribution in [0.5, 0.6) is 0 Å². The predicted octanol–water partition coefficient (Wildman–Crippen LogP) is 3.50. The van der Waals surface area contributed by atoms with Crippen molar-refractivity contribution in [2.75, 3.05) is 10.6 Å². The fraction of sp³-hybridized carbons (Fsp3) is 0. The second-order valence-electron chi connectivity index (χ2n) is 4.60. The standard InChI is InChI=1S/C17H14N4O/c1-2-15(22)20-16-13-10-6-7-11-14(13)19-17(21-16)18-12-8-4-3-5-9-12/h2-11H,1H2,(H2,18,19,20,21,22). The zero-order valence-corrected chi connectivity index (χ0v) is 11.8. The lowest BCUT2D eigenvalue weighted by Crippen LogP contribution is -2.11. The van der Waals surface area contributed by atoms with Gasteiger partial charge in [0.2, 0.25) is 11.9 Å². The molecule has 0 spiro atoms. The number of hydrogen-bond acceptors (Lipinski definition) is 4. The summed E-state index contributed by atoms with van der Waals surface area (Å²) in [5.41, 5.74) is 1.62. The Morgan fingerprint density at radius 2 is 1.73 bits per heavy atom. The molecule has 1 heterocycles. The lowest BCUT2D eigenvalue weighted by Gasteiger charge is -2.10. The smallest absolute Gasteiger partial charge is 0.248 e. The van der Waals surface area contributed by atoms with Gasteiger partial charge in [0.05, 0.1) is 5.52 Å². The second-order valence-corrected chi connectivity index (χ2v) is 4.60. The van der Waals surface area contributed by atoms with Crippen molar-refractivity contribution >= 4 is 34.3 Å². The highest BCUT2D eigenvalue weighted by Crippen LogP contribution is 2.23. The molecule has 0 aliphatic rings. The van der Waals surface area contributed by atoms with Gasteiger partial charge in [0, 0.05) is 11.1 Å². The highest BCUT2D eigenvalue weighted by Gasteiger charge is 2.09. The maximum absolute atomic E-state index is 11.6. The highest BCUT2D eigenvalue weighted by atomic mass is 16.1. The molecule has 0 saturated carbocycles. The van der Waals surface area contributed by atoms with Gasteiger partial charge in [0.15, 0.2) is 0 Å². The van der Waals surface area contributed by atoms with Crippen LogP contribution in [0.1, 0.15) is 0 Å².